The van der Waals surface area contributed by atoms with Crippen molar-refractivity contribution in [3.63, 3.8) is 0 Å². The third-order valence-corrected chi connectivity index (χ3v) is 2.41. The minimum Gasteiger partial charge on any atom is -0.390 e. The molecule has 0 aromatic carbocycles. The summed E-state index contributed by atoms with van der Waals surface area (Å²) in [7, 11) is -4.68. The van der Waals surface area contributed by atoms with Crippen molar-refractivity contribution in [3.8, 4) is 0 Å². The molecule has 0 aromatic rings. The summed E-state index contributed by atoms with van der Waals surface area (Å²) in [6, 6.07) is 0. The molecule has 0 bridgehead atoms. The third-order valence-electron chi connectivity index (χ3n) is 1.93. The molecule has 84 valence electrons. The largest absolute Gasteiger partial charge is 0.472 e. The number of hydrogen-bond donors (Lipinski definition) is 4. The normalized spacial score (nSPS) is 39.8. The molecule has 1 fully saturated rings. The molecule has 0 amide bonds. The fourth-order valence-electron chi connectivity index (χ4n) is 1.17. The lowest BCUT2D eigenvalue weighted by molar-refractivity contribution is -0.233. The Labute approximate surface area is 80.5 Å². The van der Waals surface area contributed by atoms with Crippen molar-refractivity contribution >= 4 is 7.82 Å². The molecule has 0 aliphatic carbocycles. The number of phosphoric acid groups is 1. The lowest BCUT2D eigenvalue weighted by Gasteiger charge is -2.34. The maximum Gasteiger partial charge on any atom is 0.472 e. The van der Waals surface area contributed by atoms with Crippen molar-refractivity contribution in [1.82, 2.24) is 0 Å². The van der Waals surface area contributed by atoms with Gasteiger partial charge in [-0.2, -0.15) is 0 Å². The van der Waals surface area contributed by atoms with E-state index in [-0.39, 0.29) is 6.42 Å². The van der Waals surface area contributed by atoms with E-state index >= 15 is 0 Å². The molecule has 14 heavy (non-hydrogen) atoms. The average Bonchev–Trinajstić information content (AvgIpc) is 1.97. The number of rotatable bonds is 2. The fraction of sp³-hybridized carbons (Fsp3) is 1.00. The van der Waals surface area contributed by atoms with Gasteiger partial charge in [-0.05, 0) is 6.92 Å². The molecule has 8 heteroatoms. The van der Waals surface area contributed by atoms with Crippen LogP contribution in [0, 0.1) is 0 Å². The Morgan fingerprint density at radius 2 is 1.93 bits per heavy atom. The SMILES string of the molecule is C[C@H]1OC(OP(=O)(O)O)[C@H](O)C[C@@H]1O. The predicted octanol–water partition coefficient (Wildman–Crippen LogP) is -1.05. The van der Waals surface area contributed by atoms with E-state index in [1.165, 1.54) is 6.92 Å². The second kappa shape index (κ2) is 4.24. The average molecular weight is 228 g/mol. The van der Waals surface area contributed by atoms with Gasteiger partial charge in [0.25, 0.3) is 0 Å². The minimum atomic E-state index is -4.68. The van der Waals surface area contributed by atoms with E-state index in [1.54, 1.807) is 0 Å². The van der Waals surface area contributed by atoms with E-state index in [0.29, 0.717) is 0 Å². The van der Waals surface area contributed by atoms with Crippen LogP contribution in [0.4, 0.5) is 0 Å². The number of aliphatic hydroxyl groups is 2. The summed E-state index contributed by atoms with van der Waals surface area (Å²) < 4.78 is 19.5. The molecule has 1 saturated heterocycles. The molecule has 1 unspecified atom stereocenters. The van der Waals surface area contributed by atoms with Crippen molar-refractivity contribution in [3.05, 3.63) is 0 Å². The monoisotopic (exact) mass is 228 g/mol. The Morgan fingerprint density at radius 3 is 2.43 bits per heavy atom. The number of hydrogen-bond acceptors (Lipinski definition) is 5. The highest BCUT2D eigenvalue weighted by Crippen LogP contribution is 2.40. The van der Waals surface area contributed by atoms with Crippen LogP contribution < -0.4 is 0 Å². The summed E-state index contributed by atoms with van der Waals surface area (Å²) in [5, 5.41) is 18.5. The highest BCUT2D eigenvalue weighted by molar-refractivity contribution is 7.46. The van der Waals surface area contributed by atoms with Crippen LogP contribution in [0.25, 0.3) is 0 Å². The number of phosphoric ester groups is 1. The van der Waals surface area contributed by atoms with E-state index in [9.17, 15) is 14.8 Å². The van der Waals surface area contributed by atoms with Gasteiger partial charge in [0.2, 0.25) is 0 Å². The molecular weight excluding hydrogens is 215 g/mol. The third kappa shape index (κ3) is 3.29. The summed E-state index contributed by atoms with van der Waals surface area (Å²) in [6.45, 7) is 1.52. The Morgan fingerprint density at radius 1 is 1.36 bits per heavy atom. The zero-order valence-corrected chi connectivity index (χ0v) is 8.37. The van der Waals surface area contributed by atoms with E-state index < -0.39 is 32.4 Å². The first-order chi connectivity index (χ1) is 6.29. The Kier molecular flexibility index (Phi) is 3.65. The first-order valence-corrected chi connectivity index (χ1v) is 5.58. The molecule has 0 saturated carbocycles. The Bertz CT molecular complexity index is 238. The molecule has 1 heterocycles. The molecule has 0 radical (unpaired) electrons. The zero-order valence-electron chi connectivity index (χ0n) is 7.48. The van der Waals surface area contributed by atoms with Crippen LogP contribution in [0.2, 0.25) is 0 Å². The van der Waals surface area contributed by atoms with Crippen molar-refractivity contribution in [2.24, 2.45) is 0 Å². The topological polar surface area (TPSA) is 116 Å². The highest BCUT2D eigenvalue weighted by Gasteiger charge is 2.38. The van der Waals surface area contributed by atoms with Gasteiger partial charge in [-0.25, -0.2) is 4.57 Å². The van der Waals surface area contributed by atoms with Crippen LogP contribution in [0.5, 0.6) is 0 Å². The molecule has 1 aliphatic heterocycles. The lowest BCUT2D eigenvalue weighted by atomic mass is 10.0. The first kappa shape index (κ1) is 12.1. The van der Waals surface area contributed by atoms with Crippen molar-refractivity contribution in [1.29, 1.82) is 0 Å². The zero-order chi connectivity index (χ0) is 10.9. The minimum absolute atomic E-state index is 0.0359. The van der Waals surface area contributed by atoms with Gasteiger partial charge in [0.1, 0.15) is 6.10 Å². The molecule has 0 aromatic heterocycles. The number of ether oxygens (including phenoxy) is 1. The van der Waals surface area contributed by atoms with E-state index in [2.05, 4.69) is 4.52 Å². The van der Waals surface area contributed by atoms with E-state index in [1.807, 2.05) is 0 Å². The second-order valence-electron chi connectivity index (χ2n) is 3.18. The molecule has 4 N–H and O–H groups in total. The molecule has 0 spiro atoms. The smallest absolute Gasteiger partial charge is 0.390 e. The predicted molar refractivity (Wildman–Crippen MR) is 44.1 cm³/mol. The molecule has 4 atom stereocenters. The van der Waals surface area contributed by atoms with E-state index in [0.717, 1.165) is 0 Å². The van der Waals surface area contributed by atoms with Gasteiger partial charge in [-0.15, -0.1) is 0 Å². The van der Waals surface area contributed by atoms with Gasteiger partial charge in [0, 0.05) is 6.42 Å². The second-order valence-corrected chi connectivity index (χ2v) is 4.37. The van der Waals surface area contributed by atoms with Gasteiger partial charge >= 0.3 is 7.82 Å². The summed E-state index contributed by atoms with van der Waals surface area (Å²) in [4.78, 5) is 17.0. The van der Waals surface area contributed by atoms with E-state index in [4.69, 9.17) is 14.5 Å². The van der Waals surface area contributed by atoms with Gasteiger partial charge in [-0.1, -0.05) is 0 Å². The van der Waals surface area contributed by atoms with Crippen molar-refractivity contribution < 1.29 is 33.8 Å². The first-order valence-electron chi connectivity index (χ1n) is 4.05. The molecule has 1 aliphatic rings. The van der Waals surface area contributed by atoms with Gasteiger partial charge in [0.15, 0.2) is 6.29 Å². The molecule has 7 nitrogen and oxygen atoms in total. The lowest BCUT2D eigenvalue weighted by Crippen LogP contribution is -2.46. The summed E-state index contributed by atoms with van der Waals surface area (Å²) >= 11 is 0. The highest BCUT2D eigenvalue weighted by atomic mass is 31.2. The maximum absolute atomic E-state index is 10.5. The molecular formula is C6H13O7P. The van der Waals surface area contributed by atoms with Crippen LogP contribution >= 0.6 is 7.82 Å². The molecule has 1 rings (SSSR count). The van der Waals surface area contributed by atoms with Crippen LogP contribution in [0.1, 0.15) is 13.3 Å². The quantitative estimate of drug-likeness (QED) is 0.445. The number of aliphatic hydroxyl groups excluding tert-OH is 2. The van der Waals surface area contributed by atoms with Crippen LogP contribution in [-0.4, -0.2) is 44.6 Å². The summed E-state index contributed by atoms with van der Waals surface area (Å²) in [5.41, 5.74) is 0. The fourth-order valence-corrected chi connectivity index (χ4v) is 1.63. The van der Waals surface area contributed by atoms with Gasteiger partial charge in [-0.3, -0.25) is 4.52 Å². The maximum atomic E-state index is 10.5. The standard InChI is InChI=1S/C6H13O7P/c1-3-4(7)2-5(8)6(12-3)13-14(9,10)11/h3-8H,2H2,1H3,(H2,9,10,11)/t3-,4+,5-,6?/m1/s1. The van der Waals surface area contributed by atoms with Crippen LogP contribution in [0.15, 0.2) is 0 Å². The van der Waals surface area contributed by atoms with Gasteiger partial charge in [0.05, 0.1) is 12.2 Å². The van der Waals surface area contributed by atoms with Crippen LogP contribution in [-0.2, 0) is 13.8 Å². The summed E-state index contributed by atoms with van der Waals surface area (Å²) in [6.07, 6.45) is -4.16. The van der Waals surface area contributed by atoms with Gasteiger partial charge < -0.3 is 24.7 Å². The summed E-state index contributed by atoms with van der Waals surface area (Å²) in [5.74, 6) is 0. The van der Waals surface area contributed by atoms with Crippen molar-refractivity contribution in [2.75, 3.05) is 0 Å². The Hall–Kier alpha value is -0.0100. The van der Waals surface area contributed by atoms with Crippen molar-refractivity contribution in [2.45, 2.75) is 37.9 Å². The Balaban J connectivity index is 2.58. The van der Waals surface area contributed by atoms with Crippen LogP contribution in [0.3, 0.4) is 0 Å².